The second-order valence-electron chi connectivity index (χ2n) is 4.92. The van der Waals surface area contributed by atoms with Crippen LogP contribution < -0.4 is 0 Å². The van der Waals surface area contributed by atoms with Gasteiger partial charge in [-0.05, 0) is 19.3 Å². The number of amides is 1. The van der Waals surface area contributed by atoms with Gasteiger partial charge in [-0.25, -0.2) is 0 Å². The van der Waals surface area contributed by atoms with Crippen LogP contribution in [0.2, 0.25) is 0 Å². The van der Waals surface area contributed by atoms with Crippen molar-refractivity contribution in [3.8, 4) is 0 Å². The van der Waals surface area contributed by atoms with Crippen molar-refractivity contribution in [3.05, 3.63) is 0 Å². The monoisotopic (exact) mass is 273 g/mol. The van der Waals surface area contributed by atoms with Crippen LogP contribution >= 0.6 is 0 Å². The lowest BCUT2D eigenvalue weighted by Crippen LogP contribution is -2.36. The van der Waals surface area contributed by atoms with Crippen molar-refractivity contribution in [2.24, 2.45) is 0 Å². The maximum Gasteiger partial charge on any atom is 0.248 e. The summed E-state index contributed by atoms with van der Waals surface area (Å²) in [5.74, 6) is 0.0531. The van der Waals surface area contributed by atoms with E-state index in [4.69, 9.17) is 9.84 Å². The molecular formula is C15H31NO3. The predicted molar refractivity (Wildman–Crippen MR) is 78.2 cm³/mol. The van der Waals surface area contributed by atoms with Crippen LogP contribution in [-0.4, -0.2) is 48.8 Å². The topological polar surface area (TPSA) is 49.8 Å². The summed E-state index contributed by atoms with van der Waals surface area (Å²) in [5.41, 5.74) is 0. The van der Waals surface area contributed by atoms with Crippen molar-refractivity contribution in [3.63, 3.8) is 0 Å². The number of unbranched alkanes of at least 4 members (excludes halogenated alkanes) is 4. The Kier molecular flexibility index (Phi) is 13.4. The van der Waals surface area contributed by atoms with E-state index in [0.717, 1.165) is 19.4 Å². The number of carbonyl (C=O) groups is 1. The molecule has 1 N–H and O–H groups in total. The largest absolute Gasteiger partial charge is 0.396 e. The summed E-state index contributed by atoms with van der Waals surface area (Å²) >= 11 is 0. The maximum absolute atomic E-state index is 12.0. The van der Waals surface area contributed by atoms with E-state index in [-0.39, 0.29) is 19.1 Å². The Morgan fingerprint density at radius 2 is 1.68 bits per heavy atom. The smallest absolute Gasteiger partial charge is 0.248 e. The molecule has 0 unspecified atom stereocenters. The van der Waals surface area contributed by atoms with Gasteiger partial charge in [0.2, 0.25) is 5.91 Å². The van der Waals surface area contributed by atoms with Gasteiger partial charge in [0, 0.05) is 26.3 Å². The molecular weight excluding hydrogens is 242 g/mol. The standard InChI is InChI=1S/C15H31NO3/c1-3-5-6-7-8-10-16(11-9-12-17)15(18)14-19-13-4-2/h17H,3-14H2,1-2H3. The lowest BCUT2D eigenvalue weighted by molar-refractivity contribution is -0.136. The number of aliphatic hydroxyl groups excluding tert-OH is 1. The van der Waals surface area contributed by atoms with Gasteiger partial charge in [-0.2, -0.15) is 0 Å². The van der Waals surface area contributed by atoms with Crippen molar-refractivity contribution in [1.82, 2.24) is 4.90 Å². The van der Waals surface area contributed by atoms with Crippen LogP contribution in [0.15, 0.2) is 0 Å². The van der Waals surface area contributed by atoms with E-state index in [2.05, 4.69) is 6.92 Å². The Bertz CT molecular complexity index is 210. The minimum Gasteiger partial charge on any atom is -0.396 e. The average Bonchev–Trinajstić information content (AvgIpc) is 2.42. The zero-order valence-electron chi connectivity index (χ0n) is 12.7. The zero-order chi connectivity index (χ0) is 14.3. The summed E-state index contributed by atoms with van der Waals surface area (Å²) in [6, 6.07) is 0. The first-order valence-electron chi connectivity index (χ1n) is 7.72. The second kappa shape index (κ2) is 13.8. The highest BCUT2D eigenvalue weighted by atomic mass is 16.5. The molecule has 0 aromatic rings. The van der Waals surface area contributed by atoms with E-state index in [1.807, 2.05) is 11.8 Å². The number of rotatable bonds is 13. The van der Waals surface area contributed by atoms with Crippen molar-refractivity contribution in [2.45, 2.75) is 58.8 Å². The maximum atomic E-state index is 12.0. The molecule has 0 aromatic carbocycles. The molecule has 19 heavy (non-hydrogen) atoms. The molecule has 0 saturated heterocycles. The van der Waals surface area contributed by atoms with Gasteiger partial charge in [-0.3, -0.25) is 4.79 Å². The van der Waals surface area contributed by atoms with E-state index in [9.17, 15) is 4.79 Å². The number of hydrogen-bond donors (Lipinski definition) is 1. The summed E-state index contributed by atoms with van der Waals surface area (Å²) in [5, 5.41) is 8.88. The highest BCUT2D eigenvalue weighted by molar-refractivity contribution is 5.77. The molecule has 0 rings (SSSR count). The van der Waals surface area contributed by atoms with Crippen LogP contribution in [0.4, 0.5) is 0 Å². The molecule has 0 heterocycles. The van der Waals surface area contributed by atoms with E-state index >= 15 is 0 Å². The fourth-order valence-corrected chi connectivity index (χ4v) is 1.92. The first kappa shape index (κ1) is 18.4. The van der Waals surface area contributed by atoms with Gasteiger partial charge in [0.1, 0.15) is 6.61 Å². The summed E-state index contributed by atoms with van der Waals surface area (Å²) in [6.45, 7) is 6.60. The van der Waals surface area contributed by atoms with Gasteiger partial charge in [0.25, 0.3) is 0 Å². The summed E-state index contributed by atoms with van der Waals surface area (Å²) in [6.07, 6.45) is 7.54. The van der Waals surface area contributed by atoms with Gasteiger partial charge >= 0.3 is 0 Å². The summed E-state index contributed by atoms with van der Waals surface area (Å²) in [7, 11) is 0. The summed E-state index contributed by atoms with van der Waals surface area (Å²) in [4.78, 5) is 13.8. The van der Waals surface area contributed by atoms with Gasteiger partial charge in [0.05, 0.1) is 0 Å². The minimum absolute atomic E-state index is 0.0531. The van der Waals surface area contributed by atoms with Crippen LogP contribution in [0, 0.1) is 0 Å². The number of aliphatic hydroxyl groups is 1. The molecule has 0 aliphatic carbocycles. The highest BCUT2D eigenvalue weighted by Crippen LogP contribution is 2.05. The van der Waals surface area contributed by atoms with Gasteiger partial charge in [-0.15, -0.1) is 0 Å². The average molecular weight is 273 g/mol. The number of nitrogens with zero attached hydrogens (tertiary/aromatic N) is 1. The molecule has 0 fully saturated rings. The molecule has 0 spiro atoms. The van der Waals surface area contributed by atoms with Crippen molar-refractivity contribution in [2.75, 3.05) is 32.9 Å². The minimum atomic E-state index is 0.0531. The third-order valence-electron chi connectivity index (χ3n) is 3.04. The number of carbonyl (C=O) groups excluding carboxylic acids is 1. The van der Waals surface area contributed by atoms with E-state index in [1.165, 1.54) is 25.7 Å². The lowest BCUT2D eigenvalue weighted by Gasteiger charge is -2.22. The Morgan fingerprint density at radius 3 is 2.32 bits per heavy atom. The fourth-order valence-electron chi connectivity index (χ4n) is 1.92. The number of hydrogen-bond acceptors (Lipinski definition) is 3. The zero-order valence-corrected chi connectivity index (χ0v) is 12.7. The van der Waals surface area contributed by atoms with Crippen LogP contribution in [0.1, 0.15) is 58.8 Å². The normalized spacial score (nSPS) is 10.7. The van der Waals surface area contributed by atoms with Crippen LogP contribution in [0.5, 0.6) is 0 Å². The van der Waals surface area contributed by atoms with Crippen molar-refractivity contribution < 1.29 is 14.6 Å². The fraction of sp³-hybridized carbons (Fsp3) is 0.933. The molecule has 0 aliphatic heterocycles. The molecule has 0 aliphatic rings. The van der Waals surface area contributed by atoms with E-state index in [0.29, 0.717) is 19.6 Å². The molecule has 0 aromatic heterocycles. The SMILES string of the molecule is CCCCCCCN(CCCO)C(=O)COCCC. The second-order valence-corrected chi connectivity index (χ2v) is 4.92. The Hall–Kier alpha value is -0.610. The highest BCUT2D eigenvalue weighted by Gasteiger charge is 2.12. The summed E-state index contributed by atoms with van der Waals surface area (Å²) < 4.78 is 5.30. The van der Waals surface area contributed by atoms with Gasteiger partial charge < -0.3 is 14.7 Å². The van der Waals surface area contributed by atoms with E-state index < -0.39 is 0 Å². The number of ether oxygens (including phenoxy) is 1. The first-order valence-corrected chi connectivity index (χ1v) is 7.72. The molecule has 0 radical (unpaired) electrons. The van der Waals surface area contributed by atoms with Crippen molar-refractivity contribution in [1.29, 1.82) is 0 Å². The Balaban J connectivity index is 3.88. The van der Waals surface area contributed by atoms with Crippen LogP contribution in [0.25, 0.3) is 0 Å². The van der Waals surface area contributed by atoms with Gasteiger partial charge in [0.15, 0.2) is 0 Å². The van der Waals surface area contributed by atoms with E-state index in [1.54, 1.807) is 0 Å². The first-order chi connectivity index (χ1) is 9.26. The van der Waals surface area contributed by atoms with Crippen LogP contribution in [0.3, 0.4) is 0 Å². The molecule has 114 valence electrons. The molecule has 4 heteroatoms. The molecule has 1 amide bonds. The van der Waals surface area contributed by atoms with Crippen LogP contribution in [-0.2, 0) is 9.53 Å². The predicted octanol–water partition coefficient (Wildman–Crippen LogP) is 2.59. The Labute approximate surface area is 118 Å². The van der Waals surface area contributed by atoms with Crippen molar-refractivity contribution >= 4 is 5.91 Å². The lowest BCUT2D eigenvalue weighted by atomic mass is 10.1. The van der Waals surface area contributed by atoms with Gasteiger partial charge in [-0.1, -0.05) is 39.5 Å². The third-order valence-corrected chi connectivity index (χ3v) is 3.04. The molecule has 4 nitrogen and oxygen atoms in total. The quantitative estimate of drug-likeness (QED) is 0.525. The molecule has 0 atom stereocenters. The molecule has 0 saturated carbocycles. The third kappa shape index (κ3) is 11.0. The molecule has 0 bridgehead atoms. The Morgan fingerprint density at radius 1 is 1.00 bits per heavy atom.